The zero-order valence-corrected chi connectivity index (χ0v) is 10.4. The van der Waals surface area contributed by atoms with Crippen LogP contribution in [0.5, 0.6) is 0 Å². The third kappa shape index (κ3) is 2.18. The van der Waals surface area contributed by atoms with Crippen molar-refractivity contribution < 1.29 is 8.85 Å². The van der Waals surface area contributed by atoms with Gasteiger partial charge in [0.05, 0.1) is 0 Å². The second kappa shape index (κ2) is 3.51. The lowest BCUT2D eigenvalue weighted by Gasteiger charge is -2.33. The van der Waals surface area contributed by atoms with Crippen molar-refractivity contribution >= 4 is 27.9 Å². The Morgan fingerprint density at radius 1 is 1.10 bits per heavy atom. The molecule has 0 heterocycles. The molecule has 0 atom stereocenters. The van der Waals surface area contributed by atoms with Crippen molar-refractivity contribution in [2.24, 2.45) is 0 Å². The SMILES string of the molecule is CO[Si](I)(OC)C(C)(C)C. The maximum absolute atomic E-state index is 5.35. The lowest BCUT2D eigenvalue weighted by Crippen LogP contribution is -2.42. The molecule has 0 aromatic carbocycles. The predicted molar refractivity (Wildman–Crippen MR) is 53.5 cm³/mol. The number of hydrogen-bond donors (Lipinski definition) is 0. The van der Waals surface area contributed by atoms with E-state index in [4.69, 9.17) is 8.85 Å². The number of rotatable bonds is 2. The molecule has 4 heteroatoms. The molecule has 0 spiro atoms. The van der Waals surface area contributed by atoms with Gasteiger partial charge in [0.25, 0.3) is 0 Å². The van der Waals surface area contributed by atoms with Crippen LogP contribution in [0.15, 0.2) is 0 Å². The molecule has 0 aliphatic heterocycles. The van der Waals surface area contributed by atoms with Crippen LogP contribution in [0.4, 0.5) is 0 Å². The summed E-state index contributed by atoms with van der Waals surface area (Å²) < 4.78 is 10.7. The summed E-state index contributed by atoms with van der Waals surface area (Å²) in [5.74, 6) is 0. The van der Waals surface area contributed by atoms with Gasteiger partial charge in [-0.05, 0) is 21.8 Å². The largest absolute Gasteiger partial charge is 0.412 e. The fraction of sp³-hybridized carbons (Fsp3) is 1.00. The van der Waals surface area contributed by atoms with E-state index in [1.54, 1.807) is 14.2 Å². The summed E-state index contributed by atoms with van der Waals surface area (Å²) in [5, 5.41) is 0.136. The molecule has 0 N–H and O–H groups in total. The van der Waals surface area contributed by atoms with Gasteiger partial charge in [-0.1, -0.05) is 20.8 Å². The fourth-order valence-corrected chi connectivity index (χ4v) is 2.09. The Balaban J connectivity index is 4.33. The predicted octanol–water partition coefficient (Wildman–Crippen LogP) is 2.45. The Morgan fingerprint density at radius 3 is 1.40 bits per heavy atom. The molecule has 0 aliphatic carbocycles. The van der Waals surface area contributed by atoms with Gasteiger partial charge in [0.1, 0.15) is 0 Å². The van der Waals surface area contributed by atoms with Gasteiger partial charge in [-0.15, -0.1) is 0 Å². The van der Waals surface area contributed by atoms with E-state index in [-0.39, 0.29) is 5.04 Å². The molecule has 0 radical (unpaired) electrons. The molecule has 0 rings (SSSR count). The summed E-state index contributed by atoms with van der Waals surface area (Å²) in [6, 6.07) is -1.93. The normalized spacial score (nSPS) is 13.8. The average molecular weight is 274 g/mol. The van der Waals surface area contributed by atoms with Gasteiger partial charge in [-0.25, -0.2) is 0 Å². The van der Waals surface area contributed by atoms with Crippen LogP contribution in [0.25, 0.3) is 0 Å². The molecule has 0 saturated carbocycles. The molecule has 0 bridgehead atoms. The Labute approximate surface area is 76.8 Å². The first-order valence-electron chi connectivity index (χ1n) is 3.16. The van der Waals surface area contributed by atoms with Crippen LogP contribution in [-0.4, -0.2) is 20.3 Å². The molecule has 2 nitrogen and oxygen atoms in total. The second-order valence-corrected chi connectivity index (χ2v) is 10.8. The van der Waals surface area contributed by atoms with Crippen molar-refractivity contribution in [1.29, 1.82) is 0 Å². The zero-order chi connectivity index (χ0) is 8.41. The molecule has 0 aromatic rings. The maximum Gasteiger partial charge on any atom is 0.412 e. The molecule has 10 heavy (non-hydrogen) atoms. The van der Waals surface area contributed by atoms with Gasteiger partial charge in [0.15, 0.2) is 0 Å². The molecule has 0 amide bonds. The van der Waals surface area contributed by atoms with Gasteiger partial charge in [-0.3, -0.25) is 0 Å². The first kappa shape index (κ1) is 10.9. The lowest BCUT2D eigenvalue weighted by atomic mass is 10.3. The van der Waals surface area contributed by atoms with E-state index in [1.807, 2.05) is 0 Å². The van der Waals surface area contributed by atoms with E-state index in [1.165, 1.54) is 0 Å². The quantitative estimate of drug-likeness (QED) is 0.437. The Hall–Kier alpha value is 0.867. The van der Waals surface area contributed by atoms with Crippen molar-refractivity contribution in [1.82, 2.24) is 0 Å². The summed E-state index contributed by atoms with van der Waals surface area (Å²) in [7, 11) is 3.43. The molecular formula is C6H15IO2Si. The van der Waals surface area contributed by atoms with Crippen LogP contribution in [0.2, 0.25) is 5.04 Å². The lowest BCUT2D eigenvalue weighted by molar-refractivity contribution is 0.246. The monoisotopic (exact) mass is 274 g/mol. The topological polar surface area (TPSA) is 18.5 Å². The van der Waals surface area contributed by atoms with Gasteiger partial charge in [0, 0.05) is 19.3 Å². The van der Waals surface area contributed by atoms with E-state index >= 15 is 0 Å². The van der Waals surface area contributed by atoms with Crippen molar-refractivity contribution in [3.8, 4) is 0 Å². The van der Waals surface area contributed by atoms with Gasteiger partial charge < -0.3 is 8.85 Å². The highest BCUT2D eigenvalue weighted by Crippen LogP contribution is 2.41. The summed E-state index contributed by atoms with van der Waals surface area (Å²) >= 11 is 2.30. The smallest absolute Gasteiger partial charge is 0.390 e. The minimum absolute atomic E-state index is 0.136. The molecule has 0 saturated heterocycles. The number of halogens is 1. The molecule has 0 aliphatic rings. The van der Waals surface area contributed by atoms with E-state index in [0.717, 1.165) is 0 Å². The van der Waals surface area contributed by atoms with Gasteiger partial charge in [-0.2, -0.15) is 0 Å². The third-order valence-electron chi connectivity index (χ3n) is 1.42. The van der Waals surface area contributed by atoms with Crippen molar-refractivity contribution in [2.45, 2.75) is 25.8 Å². The van der Waals surface area contributed by atoms with Crippen LogP contribution < -0.4 is 0 Å². The second-order valence-electron chi connectivity index (χ2n) is 3.19. The van der Waals surface area contributed by atoms with Crippen LogP contribution >= 0.6 is 21.8 Å². The first-order valence-corrected chi connectivity index (χ1v) is 8.09. The van der Waals surface area contributed by atoms with Crippen LogP contribution in [-0.2, 0) is 8.85 Å². The average Bonchev–Trinajstić information content (AvgIpc) is 1.84. The Kier molecular flexibility index (Phi) is 3.81. The van der Waals surface area contributed by atoms with Crippen molar-refractivity contribution in [3.05, 3.63) is 0 Å². The number of hydrogen-bond acceptors (Lipinski definition) is 2. The first-order chi connectivity index (χ1) is 4.37. The minimum Gasteiger partial charge on any atom is -0.390 e. The molecular weight excluding hydrogens is 259 g/mol. The van der Waals surface area contributed by atoms with Crippen molar-refractivity contribution in [3.63, 3.8) is 0 Å². The van der Waals surface area contributed by atoms with Gasteiger partial charge in [0.2, 0.25) is 0 Å². The summed E-state index contributed by atoms with van der Waals surface area (Å²) in [5.41, 5.74) is 0. The summed E-state index contributed by atoms with van der Waals surface area (Å²) in [6.07, 6.45) is 0. The highest BCUT2D eigenvalue weighted by atomic mass is 127. The summed E-state index contributed by atoms with van der Waals surface area (Å²) in [4.78, 5) is 0. The Morgan fingerprint density at radius 2 is 1.40 bits per heavy atom. The minimum atomic E-state index is -1.93. The van der Waals surface area contributed by atoms with E-state index in [9.17, 15) is 0 Å². The van der Waals surface area contributed by atoms with Crippen LogP contribution in [0.3, 0.4) is 0 Å². The fourth-order valence-electron chi connectivity index (χ4n) is 0.696. The maximum atomic E-state index is 5.35. The van der Waals surface area contributed by atoms with Crippen LogP contribution in [0, 0.1) is 0 Å². The Bertz CT molecular complexity index is 107. The van der Waals surface area contributed by atoms with E-state index in [2.05, 4.69) is 42.6 Å². The van der Waals surface area contributed by atoms with Crippen molar-refractivity contribution in [2.75, 3.05) is 14.2 Å². The molecule has 0 aromatic heterocycles. The highest BCUT2D eigenvalue weighted by Gasteiger charge is 2.45. The summed E-state index contributed by atoms with van der Waals surface area (Å²) in [6.45, 7) is 6.41. The van der Waals surface area contributed by atoms with E-state index in [0.29, 0.717) is 0 Å². The molecule has 0 fully saturated rings. The molecule has 62 valence electrons. The standard InChI is InChI=1S/C6H15IO2Si/c1-6(2,3)10(7,8-4)9-5/h1-5H3. The van der Waals surface area contributed by atoms with E-state index < -0.39 is 6.06 Å². The molecule has 0 unspecified atom stereocenters. The zero-order valence-electron chi connectivity index (χ0n) is 7.19. The van der Waals surface area contributed by atoms with Gasteiger partial charge >= 0.3 is 6.06 Å². The third-order valence-corrected chi connectivity index (χ3v) is 11.8. The van der Waals surface area contributed by atoms with Crippen LogP contribution in [0.1, 0.15) is 20.8 Å². The highest BCUT2D eigenvalue weighted by molar-refractivity contribution is 14.1.